The second-order valence-electron chi connectivity index (χ2n) is 6.41. The van der Waals surface area contributed by atoms with Gasteiger partial charge in [0.25, 0.3) is 5.69 Å². The van der Waals surface area contributed by atoms with E-state index in [-0.39, 0.29) is 16.9 Å². The summed E-state index contributed by atoms with van der Waals surface area (Å²) in [4.78, 5) is 47.9. The van der Waals surface area contributed by atoms with Crippen molar-refractivity contribution in [1.29, 1.82) is 0 Å². The number of amides is 2. The fourth-order valence-electron chi connectivity index (χ4n) is 3.63. The molecule has 1 N–H and O–H groups in total. The number of hydrogen-bond donors (Lipinski definition) is 1. The van der Waals surface area contributed by atoms with Gasteiger partial charge in [0.15, 0.2) is 0 Å². The highest BCUT2D eigenvalue weighted by Crippen LogP contribution is 2.43. The van der Waals surface area contributed by atoms with Gasteiger partial charge in [0.1, 0.15) is 0 Å². The maximum Gasteiger partial charge on any atom is 0.337 e. The van der Waals surface area contributed by atoms with E-state index in [1.165, 1.54) is 0 Å². The van der Waals surface area contributed by atoms with Crippen molar-refractivity contribution < 1.29 is 24.4 Å². The minimum absolute atomic E-state index is 0.214. The summed E-state index contributed by atoms with van der Waals surface area (Å²) in [6.45, 7) is 2.01. The van der Waals surface area contributed by atoms with Crippen molar-refractivity contribution in [2.45, 2.75) is 26.2 Å². The molecule has 1 aliphatic heterocycles. The van der Waals surface area contributed by atoms with Gasteiger partial charge in [-0.2, -0.15) is 0 Å². The molecule has 126 valence electrons. The molecule has 0 unspecified atom stereocenters. The Hall–Kier alpha value is -2.77. The van der Waals surface area contributed by atoms with Crippen LogP contribution in [0.1, 0.15) is 36.5 Å². The van der Waals surface area contributed by atoms with Crippen molar-refractivity contribution in [3.63, 3.8) is 0 Å². The number of carbonyl (C=O) groups is 3. The van der Waals surface area contributed by atoms with Crippen LogP contribution in [0.5, 0.6) is 0 Å². The molecular formula is C16H16N2O6. The van der Waals surface area contributed by atoms with Crippen LogP contribution in [0.15, 0.2) is 18.2 Å². The van der Waals surface area contributed by atoms with E-state index in [9.17, 15) is 29.6 Å². The lowest BCUT2D eigenvalue weighted by Crippen LogP contribution is -2.32. The summed E-state index contributed by atoms with van der Waals surface area (Å²) in [5, 5.41) is 20.3. The molecule has 0 aromatic heterocycles. The number of nitro groups is 1. The highest BCUT2D eigenvalue weighted by molar-refractivity contribution is 6.24. The highest BCUT2D eigenvalue weighted by atomic mass is 16.6. The number of carboxylic acid groups (broad SMARTS) is 1. The topological polar surface area (TPSA) is 118 Å². The van der Waals surface area contributed by atoms with E-state index in [4.69, 9.17) is 0 Å². The maximum absolute atomic E-state index is 12.7. The predicted octanol–water partition coefficient (Wildman–Crippen LogP) is 2.22. The lowest BCUT2D eigenvalue weighted by Gasteiger charge is -2.25. The molecule has 0 radical (unpaired) electrons. The second-order valence-corrected chi connectivity index (χ2v) is 6.41. The number of benzene rings is 1. The van der Waals surface area contributed by atoms with Crippen molar-refractivity contribution in [1.82, 2.24) is 0 Å². The molecule has 0 spiro atoms. The van der Waals surface area contributed by atoms with Gasteiger partial charge < -0.3 is 5.11 Å². The number of non-ortho nitro benzene ring substituents is 1. The fourth-order valence-corrected chi connectivity index (χ4v) is 3.63. The van der Waals surface area contributed by atoms with Gasteiger partial charge in [0, 0.05) is 12.1 Å². The molecule has 1 aromatic rings. The Morgan fingerprint density at radius 2 is 1.92 bits per heavy atom. The Bertz CT molecular complexity index is 759. The van der Waals surface area contributed by atoms with Crippen LogP contribution < -0.4 is 4.90 Å². The molecule has 8 nitrogen and oxygen atoms in total. The van der Waals surface area contributed by atoms with Crippen molar-refractivity contribution in [2.75, 3.05) is 4.90 Å². The number of anilines is 1. The Balaban J connectivity index is 2.09. The van der Waals surface area contributed by atoms with Crippen LogP contribution in [0.2, 0.25) is 0 Å². The summed E-state index contributed by atoms with van der Waals surface area (Å²) in [6, 6.07) is 3.09. The summed E-state index contributed by atoms with van der Waals surface area (Å²) < 4.78 is 0. The smallest absolute Gasteiger partial charge is 0.337 e. The predicted molar refractivity (Wildman–Crippen MR) is 82.5 cm³/mol. The van der Waals surface area contributed by atoms with E-state index in [0.717, 1.165) is 29.5 Å². The summed E-state index contributed by atoms with van der Waals surface area (Å²) in [5.74, 6) is -2.88. The molecule has 2 amide bonds. The van der Waals surface area contributed by atoms with Crippen LogP contribution in [-0.2, 0) is 9.59 Å². The SMILES string of the molecule is C[C@@H]1CC[C@@H]2C(=O)N(c3cc([N+](=O)[O-])ccc3C(=O)O)C(=O)[C@@H]2C1. The zero-order valence-electron chi connectivity index (χ0n) is 13.0. The third-order valence-electron chi connectivity index (χ3n) is 4.85. The standard InChI is InChI=1S/C16H16N2O6/c1-8-2-4-10-12(6-8)15(20)17(14(10)19)13-7-9(18(23)24)3-5-11(13)16(21)22/h3,5,7-8,10,12H,2,4,6H2,1H3,(H,21,22)/t8-,10+,12-/m1/s1. The first-order valence-electron chi connectivity index (χ1n) is 7.70. The van der Waals surface area contributed by atoms with Crippen molar-refractivity contribution in [2.24, 2.45) is 17.8 Å². The first-order valence-corrected chi connectivity index (χ1v) is 7.70. The molecule has 1 saturated heterocycles. The third-order valence-corrected chi connectivity index (χ3v) is 4.85. The normalized spacial score (nSPS) is 26.4. The minimum Gasteiger partial charge on any atom is -0.478 e. The minimum atomic E-state index is -1.34. The largest absolute Gasteiger partial charge is 0.478 e. The lowest BCUT2D eigenvalue weighted by atomic mass is 9.76. The molecule has 1 aliphatic carbocycles. The van der Waals surface area contributed by atoms with E-state index >= 15 is 0 Å². The lowest BCUT2D eigenvalue weighted by molar-refractivity contribution is -0.384. The Labute approximate surface area is 137 Å². The zero-order valence-corrected chi connectivity index (χ0v) is 13.0. The number of nitrogens with zero attached hydrogens (tertiary/aromatic N) is 2. The van der Waals surface area contributed by atoms with Gasteiger partial charge in [0.05, 0.1) is 28.0 Å². The number of rotatable bonds is 3. The molecular weight excluding hydrogens is 316 g/mol. The molecule has 1 saturated carbocycles. The number of imide groups is 1. The van der Waals surface area contributed by atoms with Crippen LogP contribution in [0.25, 0.3) is 0 Å². The third kappa shape index (κ3) is 2.44. The molecule has 1 heterocycles. The average molecular weight is 332 g/mol. The molecule has 1 aromatic carbocycles. The van der Waals surface area contributed by atoms with E-state index in [1.54, 1.807) is 0 Å². The van der Waals surface area contributed by atoms with Gasteiger partial charge in [-0.05, 0) is 31.2 Å². The number of fused-ring (bicyclic) bond motifs is 1. The first kappa shape index (κ1) is 16.1. The number of hydrogen-bond acceptors (Lipinski definition) is 5. The number of carboxylic acids is 1. The summed E-state index contributed by atoms with van der Waals surface area (Å²) in [5.41, 5.74) is -0.874. The van der Waals surface area contributed by atoms with Gasteiger partial charge in [-0.3, -0.25) is 19.7 Å². The molecule has 2 aliphatic rings. The average Bonchev–Trinajstić information content (AvgIpc) is 2.77. The van der Waals surface area contributed by atoms with Gasteiger partial charge in [-0.25, -0.2) is 9.69 Å². The summed E-state index contributed by atoms with van der Waals surface area (Å²) in [7, 11) is 0. The van der Waals surface area contributed by atoms with E-state index in [2.05, 4.69) is 0 Å². The Kier molecular flexibility index (Phi) is 3.82. The van der Waals surface area contributed by atoms with Crippen molar-refractivity contribution >= 4 is 29.2 Å². The zero-order chi connectivity index (χ0) is 17.6. The number of carbonyl (C=O) groups excluding carboxylic acids is 2. The molecule has 24 heavy (non-hydrogen) atoms. The van der Waals surface area contributed by atoms with Crippen LogP contribution in [0.4, 0.5) is 11.4 Å². The first-order chi connectivity index (χ1) is 11.3. The Morgan fingerprint density at radius 1 is 1.25 bits per heavy atom. The van der Waals surface area contributed by atoms with Crippen LogP contribution >= 0.6 is 0 Å². The number of aromatic carboxylic acids is 1. The quantitative estimate of drug-likeness (QED) is 0.515. The van der Waals surface area contributed by atoms with Gasteiger partial charge >= 0.3 is 5.97 Å². The van der Waals surface area contributed by atoms with Gasteiger partial charge in [-0.15, -0.1) is 0 Å². The van der Waals surface area contributed by atoms with Gasteiger partial charge in [0.2, 0.25) is 11.8 Å². The van der Waals surface area contributed by atoms with E-state index < -0.39 is 34.5 Å². The van der Waals surface area contributed by atoms with Crippen molar-refractivity contribution in [3.05, 3.63) is 33.9 Å². The van der Waals surface area contributed by atoms with Crippen LogP contribution in [0.3, 0.4) is 0 Å². The second kappa shape index (κ2) is 5.70. The highest BCUT2D eigenvalue weighted by Gasteiger charge is 2.50. The van der Waals surface area contributed by atoms with E-state index in [1.807, 2.05) is 6.92 Å². The van der Waals surface area contributed by atoms with Crippen LogP contribution in [0, 0.1) is 27.9 Å². The number of nitro benzene ring substituents is 1. The molecule has 3 rings (SSSR count). The molecule has 2 fully saturated rings. The molecule has 3 atom stereocenters. The maximum atomic E-state index is 12.7. The monoisotopic (exact) mass is 332 g/mol. The summed E-state index contributed by atoms with van der Waals surface area (Å²) >= 11 is 0. The van der Waals surface area contributed by atoms with Gasteiger partial charge in [-0.1, -0.05) is 6.92 Å². The van der Waals surface area contributed by atoms with E-state index in [0.29, 0.717) is 18.8 Å². The molecule has 8 heteroatoms. The summed E-state index contributed by atoms with van der Waals surface area (Å²) in [6.07, 6.45) is 1.97. The Morgan fingerprint density at radius 3 is 2.54 bits per heavy atom. The van der Waals surface area contributed by atoms with Crippen LogP contribution in [-0.4, -0.2) is 27.8 Å². The molecule has 0 bridgehead atoms. The fraction of sp³-hybridized carbons (Fsp3) is 0.438. The van der Waals surface area contributed by atoms with Crippen molar-refractivity contribution in [3.8, 4) is 0 Å².